The molecule has 0 aliphatic rings. The molecule has 0 aliphatic carbocycles. The normalized spacial score (nSPS) is 12.1. The highest BCUT2D eigenvalue weighted by Gasteiger charge is 2.12. The molecule has 0 aliphatic heterocycles. The molecule has 2 rings (SSSR count). The first-order valence-electron chi connectivity index (χ1n) is 5.43. The summed E-state index contributed by atoms with van der Waals surface area (Å²) >= 11 is 3.20. The van der Waals surface area contributed by atoms with E-state index in [2.05, 4.69) is 31.2 Å². The minimum Gasteiger partial charge on any atom is -0.398 e. The van der Waals surface area contributed by atoms with Crippen LogP contribution in [0, 0.1) is 0 Å². The number of nitrogens with zero attached hydrogens (tertiary/aromatic N) is 1. The van der Waals surface area contributed by atoms with Crippen molar-refractivity contribution in [2.24, 2.45) is 0 Å². The number of nitrogen functional groups attached to an aromatic ring is 1. The van der Waals surface area contributed by atoms with E-state index in [1.54, 1.807) is 0 Å². The Morgan fingerprint density at radius 1 is 1.44 bits per heavy atom. The van der Waals surface area contributed by atoms with Crippen LogP contribution in [-0.2, 0) is 0 Å². The minimum atomic E-state index is -0.222. The van der Waals surface area contributed by atoms with Gasteiger partial charge in [-0.25, -0.2) is 4.98 Å². The van der Waals surface area contributed by atoms with Gasteiger partial charge in [0.15, 0.2) is 0 Å². The molecule has 0 saturated carbocycles. The van der Waals surface area contributed by atoms with Crippen molar-refractivity contribution in [2.45, 2.75) is 13.0 Å². The summed E-state index contributed by atoms with van der Waals surface area (Å²) in [5.74, 6) is 0.495. The smallest absolute Gasteiger partial charge is 0.267 e. The molecular formula is C12H13BrN4O. The summed E-state index contributed by atoms with van der Waals surface area (Å²) in [6.45, 7) is 1.96. The van der Waals surface area contributed by atoms with Gasteiger partial charge in [0.05, 0.1) is 12.4 Å². The van der Waals surface area contributed by atoms with Crippen LogP contribution in [0.2, 0.25) is 0 Å². The first-order valence-corrected chi connectivity index (χ1v) is 6.23. The maximum Gasteiger partial charge on any atom is 0.267 e. The molecule has 2 aromatic rings. The zero-order valence-electron chi connectivity index (χ0n) is 9.77. The Labute approximate surface area is 113 Å². The lowest BCUT2D eigenvalue weighted by Crippen LogP contribution is -2.15. The van der Waals surface area contributed by atoms with Crippen molar-refractivity contribution in [1.82, 2.24) is 9.97 Å². The number of hydrogen-bond donors (Lipinski definition) is 3. The fraction of sp³-hybridized carbons (Fsp3) is 0.167. The summed E-state index contributed by atoms with van der Waals surface area (Å²) in [7, 11) is 0. The van der Waals surface area contributed by atoms with Crippen LogP contribution >= 0.6 is 15.9 Å². The van der Waals surface area contributed by atoms with Crippen molar-refractivity contribution in [2.75, 3.05) is 11.1 Å². The van der Waals surface area contributed by atoms with Crippen molar-refractivity contribution in [3.05, 3.63) is 51.0 Å². The predicted molar refractivity (Wildman–Crippen MR) is 75.4 cm³/mol. The van der Waals surface area contributed by atoms with E-state index in [-0.39, 0.29) is 11.6 Å². The molecule has 1 aromatic carbocycles. The van der Waals surface area contributed by atoms with Crippen LogP contribution in [0.5, 0.6) is 0 Å². The second-order valence-electron chi connectivity index (χ2n) is 3.89. The van der Waals surface area contributed by atoms with Crippen molar-refractivity contribution >= 4 is 27.4 Å². The Morgan fingerprint density at radius 3 is 2.89 bits per heavy atom. The molecule has 18 heavy (non-hydrogen) atoms. The van der Waals surface area contributed by atoms with Crippen LogP contribution in [-0.4, -0.2) is 9.97 Å². The highest BCUT2D eigenvalue weighted by molar-refractivity contribution is 9.10. The van der Waals surface area contributed by atoms with Gasteiger partial charge in [-0.15, -0.1) is 0 Å². The molecule has 1 unspecified atom stereocenters. The van der Waals surface area contributed by atoms with Gasteiger partial charge in [0.25, 0.3) is 5.56 Å². The summed E-state index contributed by atoms with van der Waals surface area (Å²) < 4.78 is 0.381. The molecule has 0 amide bonds. The average Bonchev–Trinajstić information content (AvgIpc) is 2.35. The summed E-state index contributed by atoms with van der Waals surface area (Å²) in [4.78, 5) is 18.0. The first-order chi connectivity index (χ1) is 8.59. The highest BCUT2D eigenvalue weighted by Crippen LogP contribution is 2.24. The quantitative estimate of drug-likeness (QED) is 0.760. The van der Waals surface area contributed by atoms with Crippen LogP contribution in [0.3, 0.4) is 0 Å². The van der Waals surface area contributed by atoms with E-state index in [1.165, 1.54) is 6.33 Å². The molecule has 4 N–H and O–H groups in total. The molecule has 94 valence electrons. The number of aromatic amines is 1. The lowest BCUT2D eigenvalue weighted by Gasteiger charge is -2.17. The van der Waals surface area contributed by atoms with Crippen molar-refractivity contribution < 1.29 is 0 Å². The number of nitrogens with two attached hydrogens (primary N) is 1. The minimum absolute atomic E-state index is 0.0446. The summed E-state index contributed by atoms with van der Waals surface area (Å²) in [5.41, 5.74) is 7.35. The van der Waals surface area contributed by atoms with Crippen molar-refractivity contribution in [3.8, 4) is 0 Å². The standard InChI is InChI=1S/C12H13BrN4O/c1-7(8-4-2-3-5-9(8)14)17-11-10(13)12(18)16-6-15-11/h2-7H,14H2,1H3,(H2,15,16,17,18). The molecule has 0 bridgehead atoms. The number of H-pyrrole nitrogens is 1. The molecule has 6 heteroatoms. The lowest BCUT2D eigenvalue weighted by molar-refractivity contribution is 0.870. The van der Waals surface area contributed by atoms with E-state index in [9.17, 15) is 4.79 Å². The second-order valence-corrected chi connectivity index (χ2v) is 4.68. The van der Waals surface area contributed by atoms with E-state index in [0.717, 1.165) is 5.56 Å². The number of benzene rings is 1. The van der Waals surface area contributed by atoms with Crippen LogP contribution in [0.4, 0.5) is 11.5 Å². The fourth-order valence-corrected chi connectivity index (χ4v) is 2.00. The maximum atomic E-state index is 11.4. The van der Waals surface area contributed by atoms with E-state index in [1.807, 2.05) is 31.2 Å². The molecule has 0 spiro atoms. The molecule has 5 nitrogen and oxygen atoms in total. The number of hydrogen-bond acceptors (Lipinski definition) is 4. The van der Waals surface area contributed by atoms with E-state index >= 15 is 0 Å². The Balaban J connectivity index is 2.27. The van der Waals surface area contributed by atoms with Gasteiger partial charge in [-0.1, -0.05) is 18.2 Å². The van der Waals surface area contributed by atoms with Gasteiger partial charge in [-0.05, 0) is 34.5 Å². The predicted octanol–water partition coefficient (Wildman–Crippen LogP) is 2.29. The number of rotatable bonds is 3. The molecule has 1 heterocycles. The van der Waals surface area contributed by atoms with E-state index in [4.69, 9.17) is 5.73 Å². The Kier molecular flexibility index (Phi) is 3.66. The molecule has 0 saturated heterocycles. The van der Waals surface area contributed by atoms with Gasteiger partial charge in [0.1, 0.15) is 10.3 Å². The number of nitrogens with one attached hydrogen (secondary N) is 2. The second kappa shape index (κ2) is 5.22. The van der Waals surface area contributed by atoms with Crippen LogP contribution in [0.15, 0.2) is 39.9 Å². The lowest BCUT2D eigenvalue weighted by atomic mass is 10.1. The van der Waals surface area contributed by atoms with Crippen LogP contribution in [0.25, 0.3) is 0 Å². The fourth-order valence-electron chi connectivity index (χ4n) is 1.67. The molecular weight excluding hydrogens is 296 g/mol. The van der Waals surface area contributed by atoms with E-state index in [0.29, 0.717) is 16.0 Å². The average molecular weight is 309 g/mol. The van der Waals surface area contributed by atoms with Gasteiger partial charge in [-0.2, -0.15) is 0 Å². The monoisotopic (exact) mass is 308 g/mol. The number of anilines is 2. The van der Waals surface area contributed by atoms with Crippen LogP contribution < -0.4 is 16.6 Å². The van der Waals surface area contributed by atoms with Crippen LogP contribution in [0.1, 0.15) is 18.5 Å². The number of halogens is 1. The molecule has 1 atom stereocenters. The number of para-hydroxylation sites is 1. The third kappa shape index (κ3) is 2.53. The SMILES string of the molecule is CC(Nc1nc[nH]c(=O)c1Br)c1ccccc1N. The van der Waals surface area contributed by atoms with E-state index < -0.39 is 0 Å². The van der Waals surface area contributed by atoms with Gasteiger partial charge >= 0.3 is 0 Å². The summed E-state index contributed by atoms with van der Waals surface area (Å²) in [6, 6.07) is 7.54. The van der Waals surface area contributed by atoms with Crippen molar-refractivity contribution in [1.29, 1.82) is 0 Å². The molecule has 0 radical (unpaired) electrons. The van der Waals surface area contributed by atoms with Crippen molar-refractivity contribution in [3.63, 3.8) is 0 Å². The largest absolute Gasteiger partial charge is 0.398 e. The highest BCUT2D eigenvalue weighted by atomic mass is 79.9. The Bertz CT molecular complexity index is 611. The topological polar surface area (TPSA) is 83.8 Å². The molecule has 1 aromatic heterocycles. The van der Waals surface area contributed by atoms with Gasteiger partial charge < -0.3 is 16.0 Å². The summed E-state index contributed by atoms with van der Waals surface area (Å²) in [5, 5.41) is 3.15. The van der Waals surface area contributed by atoms with Gasteiger partial charge in [0.2, 0.25) is 0 Å². The first kappa shape index (κ1) is 12.6. The Morgan fingerprint density at radius 2 is 2.17 bits per heavy atom. The van der Waals surface area contributed by atoms with Gasteiger partial charge in [0, 0.05) is 5.69 Å². The third-order valence-corrected chi connectivity index (χ3v) is 3.35. The van der Waals surface area contributed by atoms with Gasteiger partial charge in [-0.3, -0.25) is 4.79 Å². The number of aromatic nitrogens is 2. The third-order valence-electron chi connectivity index (χ3n) is 2.61. The zero-order valence-corrected chi connectivity index (χ0v) is 11.4. The molecule has 0 fully saturated rings. The Hall–Kier alpha value is -1.82. The maximum absolute atomic E-state index is 11.4. The summed E-state index contributed by atoms with van der Waals surface area (Å²) in [6.07, 6.45) is 1.36. The zero-order chi connectivity index (χ0) is 13.1.